The van der Waals surface area contributed by atoms with Crippen molar-refractivity contribution in [2.75, 3.05) is 6.54 Å². The van der Waals surface area contributed by atoms with Crippen LogP contribution in [-0.2, 0) is 0 Å². The van der Waals surface area contributed by atoms with Crippen molar-refractivity contribution in [2.45, 2.75) is 44.9 Å². The van der Waals surface area contributed by atoms with Crippen LogP contribution in [-0.4, -0.2) is 6.54 Å². The molecule has 2 rings (SSSR count). The van der Waals surface area contributed by atoms with Crippen LogP contribution in [0.1, 0.15) is 44.9 Å². The monoisotopic (exact) mass is 153 g/mol. The SMILES string of the molecule is NCCC1CCC2(CC1)CC2. The molecule has 2 aliphatic carbocycles. The van der Waals surface area contributed by atoms with Gasteiger partial charge in [-0.1, -0.05) is 0 Å². The van der Waals surface area contributed by atoms with Crippen LogP contribution in [0.5, 0.6) is 0 Å². The minimum atomic E-state index is 0.866. The van der Waals surface area contributed by atoms with Gasteiger partial charge < -0.3 is 5.73 Å². The molecule has 1 nitrogen and oxygen atoms in total. The highest BCUT2D eigenvalue weighted by Gasteiger charge is 2.44. The summed E-state index contributed by atoms with van der Waals surface area (Å²) in [5, 5.41) is 0. The van der Waals surface area contributed by atoms with Crippen LogP contribution in [0.3, 0.4) is 0 Å². The smallest absolute Gasteiger partial charge is 0.00746 e. The first-order valence-corrected chi connectivity index (χ1v) is 5.05. The first kappa shape index (κ1) is 7.60. The molecule has 64 valence electrons. The van der Waals surface area contributed by atoms with E-state index >= 15 is 0 Å². The Morgan fingerprint density at radius 2 is 1.73 bits per heavy atom. The fourth-order valence-electron chi connectivity index (χ4n) is 2.49. The number of hydrogen-bond donors (Lipinski definition) is 1. The number of hydrogen-bond acceptors (Lipinski definition) is 1. The van der Waals surface area contributed by atoms with Gasteiger partial charge in [0.2, 0.25) is 0 Å². The molecule has 2 saturated carbocycles. The minimum absolute atomic E-state index is 0.866. The van der Waals surface area contributed by atoms with Crippen LogP contribution in [0.4, 0.5) is 0 Å². The van der Waals surface area contributed by atoms with E-state index in [1.807, 2.05) is 0 Å². The Morgan fingerprint density at radius 3 is 2.18 bits per heavy atom. The van der Waals surface area contributed by atoms with Gasteiger partial charge in [-0.15, -0.1) is 0 Å². The largest absolute Gasteiger partial charge is 0.330 e. The molecule has 1 heteroatoms. The van der Waals surface area contributed by atoms with E-state index < -0.39 is 0 Å². The standard InChI is InChI=1S/C10H19N/c11-8-3-9-1-4-10(5-2-9)6-7-10/h9H,1-8,11H2. The van der Waals surface area contributed by atoms with Gasteiger partial charge >= 0.3 is 0 Å². The molecule has 0 atom stereocenters. The second kappa shape index (κ2) is 2.78. The summed E-state index contributed by atoms with van der Waals surface area (Å²) < 4.78 is 0. The molecule has 0 saturated heterocycles. The fourth-order valence-corrected chi connectivity index (χ4v) is 2.49. The summed E-state index contributed by atoms with van der Waals surface area (Å²) in [5.41, 5.74) is 6.41. The normalized spacial score (nSPS) is 29.2. The Morgan fingerprint density at radius 1 is 1.09 bits per heavy atom. The lowest BCUT2D eigenvalue weighted by molar-refractivity contribution is 0.249. The van der Waals surface area contributed by atoms with E-state index in [0.29, 0.717) is 0 Å². The second-order valence-corrected chi connectivity index (χ2v) is 4.52. The van der Waals surface area contributed by atoms with Crippen molar-refractivity contribution in [3.05, 3.63) is 0 Å². The van der Waals surface area contributed by atoms with E-state index in [-0.39, 0.29) is 0 Å². The molecule has 0 aromatic heterocycles. The van der Waals surface area contributed by atoms with Crippen molar-refractivity contribution in [1.29, 1.82) is 0 Å². The van der Waals surface area contributed by atoms with Crippen LogP contribution < -0.4 is 5.73 Å². The average molecular weight is 153 g/mol. The predicted molar refractivity (Wildman–Crippen MR) is 47.3 cm³/mol. The number of rotatable bonds is 2. The summed E-state index contributed by atoms with van der Waals surface area (Å²) in [7, 11) is 0. The van der Waals surface area contributed by atoms with Crippen molar-refractivity contribution in [1.82, 2.24) is 0 Å². The lowest BCUT2D eigenvalue weighted by Crippen LogP contribution is -2.17. The molecular formula is C10H19N. The quantitative estimate of drug-likeness (QED) is 0.647. The van der Waals surface area contributed by atoms with Gasteiger partial charge in [-0.3, -0.25) is 0 Å². The van der Waals surface area contributed by atoms with E-state index in [9.17, 15) is 0 Å². The summed E-state index contributed by atoms with van der Waals surface area (Å²) >= 11 is 0. The van der Waals surface area contributed by atoms with Crippen LogP contribution >= 0.6 is 0 Å². The van der Waals surface area contributed by atoms with Crippen LogP contribution in [0.15, 0.2) is 0 Å². The Balaban J connectivity index is 1.75. The molecule has 2 aliphatic rings. The summed E-state index contributed by atoms with van der Waals surface area (Å²) in [5.74, 6) is 0.978. The third kappa shape index (κ3) is 1.58. The molecular weight excluding hydrogens is 134 g/mol. The van der Waals surface area contributed by atoms with Gasteiger partial charge in [-0.2, -0.15) is 0 Å². The lowest BCUT2D eigenvalue weighted by atomic mass is 9.78. The van der Waals surface area contributed by atoms with E-state index in [1.54, 1.807) is 0 Å². The molecule has 2 N–H and O–H groups in total. The molecule has 11 heavy (non-hydrogen) atoms. The van der Waals surface area contributed by atoms with Gasteiger partial charge in [-0.05, 0) is 62.8 Å². The molecule has 2 fully saturated rings. The van der Waals surface area contributed by atoms with Crippen LogP contribution in [0, 0.1) is 11.3 Å². The zero-order valence-corrected chi connectivity index (χ0v) is 7.31. The zero-order valence-electron chi connectivity index (χ0n) is 7.31. The third-order valence-electron chi connectivity index (χ3n) is 3.70. The molecule has 0 amide bonds. The van der Waals surface area contributed by atoms with Gasteiger partial charge in [-0.25, -0.2) is 0 Å². The molecule has 0 bridgehead atoms. The first-order chi connectivity index (χ1) is 5.35. The fraction of sp³-hybridized carbons (Fsp3) is 1.00. The van der Waals surface area contributed by atoms with Crippen molar-refractivity contribution in [3.63, 3.8) is 0 Å². The predicted octanol–water partition coefficient (Wildman–Crippen LogP) is 2.31. The molecule has 0 aromatic carbocycles. The van der Waals surface area contributed by atoms with Gasteiger partial charge in [0.1, 0.15) is 0 Å². The summed E-state index contributed by atoms with van der Waals surface area (Å²) in [4.78, 5) is 0. The molecule has 0 heterocycles. The molecule has 1 spiro atoms. The van der Waals surface area contributed by atoms with E-state index in [0.717, 1.165) is 17.9 Å². The van der Waals surface area contributed by atoms with Crippen molar-refractivity contribution in [2.24, 2.45) is 17.1 Å². The maximum atomic E-state index is 5.54. The van der Waals surface area contributed by atoms with E-state index in [1.165, 1.54) is 44.9 Å². The Labute approximate surface area is 69.4 Å². The van der Waals surface area contributed by atoms with Crippen LogP contribution in [0.25, 0.3) is 0 Å². The first-order valence-electron chi connectivity index (χ1n) is 5.05. The Hall–Kier alpha value is -0.0400. The molecule has 0 radical (unpaired) electrons. The molecule has 0 aromatic rings. The lowest BCUT2D eigenvalue weighted by Gasteiger charge is -2.27. The second-order valence-electron chi connectivity index (χ2n) is 4.52. The van der Waals surface area contributed by atoms with Gasteiger partial charge in [0.25, 0.3) is 0 Å². The average Bonchev–Trinajstić information content (AvgIpc) is 2.76. The molecule has 0 aliphatic heterocycles. The summed E-state index contributed by atoms with van der Waals surface area (Å²) in [6.07, 6.45) is 10.3. The highest BCUT2D eigenvalue weighted by molar-refractivity contribution is 4.96. The van der Waals surface area contributed by atoms with Gasteiger partial charge in [0, 0.05) is 0 Å². The minimum Gasteiger partial charge on any atom is -0.330 e. The van der Waals surface area contributed by atoms with E-state index in [4.69, 9.17) is 5.73 Å². The Bertz CT molecular complexity index is 128. The van der Waals surface area contributed by atoms with Crippen molar-refractivity contribution in [3.8, 4) is 0 Å². The highest BCUT2D eigenvalue weighted by Crippen LogP contribution is 2.57. The van der Waals surface area contributed by atoms with Crippen molar-refractivity contribution < 1.29 is 0 Å². The topological polar surface area (TPSA) is 26.0 Å². The number of nitrogens with two attached hydrogens (primary N) is 1. The van der Waals surface area contributed by atoms with Gasteiger partial charge in [0.05, 0.1) is 0 Å². The third-order valence-corrected chi connectivity index (χ3v) is 3.70. The van der Waals surface area contributed by atoms with E-state index in [2.05, 4.69) is 0 Å². The van der Waals surface area contributed by atoms with Crippen molar-refractivity contribution >= 4 is 0 Å². The molecule has 0 unspecified atom stereocenters. The maximum Gasteiger partial charge on any atom is -0.00746 e. The Kier molecular flexibility index (Phi) is 1.92. The summed E-state index contributed by atoms with van der Waals surface area (Å²) in [6.45, 7) is 0.900. The highest BCUT2D eigenvalue weighted by atomic mass is 14.5. The van der Waals surface area contributed by atoms with Crippen LogP contribution in [0.2, 0.25) is 0 Å². The van der Waals surface area contributed by atoms with Gasteiger partial charge in [0.15, 0.2) is 0 Å². The zero-order chi connectivity index (χ0) is 7.73. The summed E-state index contributed by atoms with van der Waals surface area (Å²) in [6, 6.07) is 0. The maximum absolute atomic E-state index is 5.54.